The van der Waals surface area contributed by atoms with Crippen molar-refractivity contribution in [2.75, 3.05) is 20.3 Å². The minimum atomic E-state index is -3.69. The average molecular weight is 412 g/mol. The number of halogens is 1. The molecule has 0 radical (unpaired) electrons. The van der Waals surface area contributed by atoms with Crippen LogP contribution in [0.15, 0.2) is 53.4 Å². The fraction of sp³-hybridized carbons (Fsp3) is 0.222. The summed E-state index contributed by atoms with van der Waals surface area (Å²) >= 11 is 5.95. The van der Waals surface area contributed by atoms with Crippen LogP contribution in [0.25, 0.3) is 0 Å². The standard InChI is InChI=1S/C18H18ClNO6S/c1-25-17-8-7-13(11-15(17)19)16(21)12-26-18(22)9-10-20-27(23,24)14-5-3-2-4-6-14/h2-8,11,20H,9-10,12H2,1H3. The number of hydrogen-bond acceptors (Lipinski definition) is 6. The van der Waals surface area contributed by atoms with Crippen molar-refractivity contribution in [2.45, 2.75) is 11.3 Å². The Morgan fingerprint density at radius 1 is 1.11 bits per heavy atom. The molecule has 27 heavy (non-hydrogen) atoms. The van der Waals surface area contributed by atoms with Gasteiger partial charge in [-0.1, -0.05) is 29.8 Å². The fourth-order valence-corrected chi connectivity index (χ4v) is 3.42. The molecule has 0 atom stereocenters. The number of carbonyl (C=O) groups is 2. The Morgan fingerprint density at radius 3 is 2.44 bits per heavy atom. The Bertz CT molecular complexity index is 915. The van der Waals surface area contributed by atoms with E-state index in [4.69, 9.17) is 21.1 Å². The Balaban J connectivity index is 1.79. The van der Waals surface area contributed by atoms with Crippen LogP contribution < -0.4 is 9.46 Å². The molecule has 0 aliphatic heterocycles. The third-order valence-electron chi connectivity index (χ3n) is 3.51. The van der Waals surface area contributed by atoms with Crippen molar-refractivity contribution in [3.8, 4) is 5.75 Å². The van der Waals surface area contributed by atoms with E-state index in [0.717, 1.165) is 0 Å². The number of ether oxygens (including phenoxy) is 2. The predicted octanol–water partition coefficient (Wildman–Crippen LogP) is 2.44. The second-order valence-electron chi connectivity index (χ2n) is 5.39. The van der Waals surface area contributed by atoms with Crippen molar-refractivity contribution >= 4 is 33.4 Å². The van der Waals surface area contributed by atoms with Gasteiger partial charge in [0.2, 0.25) is 10.0 Å². The van der Waals surface area contributed by atoms with Crippen molar-refractivity contribution < 1.29 is 27.5 Å². The van der Waals surface area contributed by atoms with Gasteiger partial charge in [-0.25, -0.2) is 13.1 Å². The highest BCUT2D eigenvalue weighted by molar-refractivity contribution is 7.89. The number of sulfonamides is 1. The minimum absolute atomic E-state index is 0.102. The van der Waals surface area contributed by atoms with Crippen LogP contribution in [0.4, 0.5) is 0 Å². The van der Waals surface area contributed by atoms with Crippen molar-refractivity contribution in [1.29, 1.82) is 0 Å². The number of ketones is 1. The maximum absolute atomic E-state index is 12.0. The summed E-state index contributed by atoms with van der Waals surface area (Å²) in [5.74, 6) is -0.701. The van der Waals surface area contributed by atoms with Gasteiger partial charge in [0.1, 0.15) is 5.75 Å². The number of methoxy groups -OCH3 is 1. The van der Waals surface area contributed by atoms with Crippen molar-refractivity contribution in [2.24, 2.45) is 0 Å². The molecule has 0 unspecified atom stereocenters. The molecule has 0 heterocycles. The number of nitrogens with one attached hydrogen (secondary N) is 1. The molecule has 0 saturated heterocycles. The molecule has 0 amide bonds. The first-order valence-electron chi connectivity index (χ1n) is 7.90. The summed E-state index contributed by atoms with van der Waals surface area (Å²) in [6, 6.07) is 12.2. The van der Waals surface area contributed by atoms with Gasteiger partial charge in [0.25, 0.3) is 0 Å². The summed E-state index contributed by atoms with van der Waals surface area (Å²) in [7, 11) is -2.24. The largest absolute Gasteiger partial charge is 0.495 e. The summed E-state index contributed by atoms with van der Waals surface area (Å²) in [6.45, 7) is -0.606. The van der Waals surface area contributed by atoms with Crippen LogP contribution in [-0.4, -0.2) is 40.4 Å². The smallest absolute Gasteiger partial charge is 0.307 e. The molecular formula is C18H18ClNO6S. The minimum Gasteiger partial charge on any atom is -0.495 e. The third-order valence-corrected chi connectivity index (χ3v) is 5.29. The van der Waals surface area contributed by atoms with Crippen LogP contribution >= 0.6 is 11.6 Å². The van der Waals surface area contributed by atoms with E-state index in [1.807, 2.05) is 0 Å². The van der Waals surface area contributed by atoms with E-state index in [1.54, 1.807) is 18.2 Å². The highest BCUT2D eigenvalue weighted by atomic mass is 35.5. The average Bonchev–Trinajstić information content (AvgIpc) is 2.66. The zero-order chi connectivity index (χ0) is 19.9. The lowest BCUT2D eigenvalue weighted by molar-refractivity contribution is -0.142. The van der Waals surface area contributed by atoms with E-state index in [9.17, 15) is 18.0 Å². The van der Waals surface area contributed by atoms with E-state index in [1.165, 1.54) is 37.4 Å². The molecule has 0 saturated carbocycles. The summed E-state index contributed by atoms with van der Waals surface area (Å²) in [4.78, 5) is 23.8. The lowest BCUT2D eigenvalue weighted by Gasteiger charge is -2.08. The van der Waals surface area contributed by atoms with Gasteiger partial charge in [0.15, 0.2) is 12.4 Å². The Morgan fingerprint density at radius 2 is 1.81 bits per heavy atom. The molecule has 2 aromatic carbocycles. The third kappa shape index (κ3) is 6.06. The second-order valence-corrected chi connectivity index (χ2v) is 7.57. The number of carbonyl (C=O) groups excluding carboxylic acids is 2. The molecule has 1 N–H and O–H groups in total. The summed E-state index contributed by atoms with van der Waals surface area (Å²) in [5.41, 5.74) is 0.276. The van der Waals surface area contributed by atoms with Gasteiger partial charge in [0.05, 0.1) is 23.4 Å². The lowest BCUT2D eigenvalue weighted by atomic mass is 10.1. The molecule has 2 aromatic rings. The van der Waals surface area contributed by atoms with E-state index in [2.05, 4.69) is 4.72 Å². The Labute approximate surface area is 162 Å². The summed E-state index contributed by atoms with van der Waals surface area (Å²) in [5, 5.41) is 0.269. The number of hydrogen-bond donors (Lipinski definition) is 1. The molecule has 0 aliphatic rings. The first-order valence-corrected chi connectivity index (χ1v) is 9.76. The van der Waals surface area contributed by atoms with Gasteiger partial charge in [-0.15, -0.1) is 0 Å². The van der Waals surface area contributed by atoms with E-state index < -0.39 is 28.4 Å². The maximum Gasteiger partial charge on any atom is 0.307 e. The molecule has 0 aliphatic carbocycles. The van der Waals surface area contributed by atoms with Crippen molar-refractivity contribution in [3.05, 3.63) is 59.1 Å². The topological polar surface area (TPSA) is 98.8 Å². The first kappa shape index (κ1) is 20.9. The highest BCUT2D eigenvalue weighted by Gasteiger charge is 2.15. The highest BCUT2D eigenvalue weighted by Crippen LogP contribution is 2.25. The van der Waals surface area contributed by atoms with E-state index >= 15 is 0 Å². The van der Waals surface area contributed by atoms with Crippen LogP contribution in [-0.2, 0) is 19.6 Å². The van der Waals surface area contributed by atoms with Crippen LogP contribution in [0.2, 0.25) is 5.02 Å². The molecule has 0 fully saturated rings. The van der Waals surface area contributed by atoms with Crippen LogP contribution in [0, 0.1) is 0 Å². The monoisotopic (exact) mass is 411 g/mol. The number of benzene rings is 2. The van der Waals surface area contributed by atoms with Crippen molar-refractivity contribution in [3.63, 3.8) is 0 Å². The van der Waals surface area contributed by atoms with E-state index in [-0.39, 0.29) is 28.4 Å². The molecule has 144 valence electrons. The Hall–Kier alpha value is -2.42. The van der Waals surface area contributed by atoms with Gasteiger partial charge in [-0.2, -0.15) is 0 Å². The zero-order valence-electron chi connectivity index (χ0n) is 14.5. The lowest BCUT2D eigenvalue weighted by Crippen LogP contribution is -2.27. The van der Waals surface area contributed by atoms with Gasteiger partial charge in [-0.05, 0) is 30.3 Å². The first-order chi connectivity index (χ1) is 12.8. The summed E-state index contributed by atoms with van der Waals surface area (Å²) in [6.07, 6.45) is -0.206. The molecule has 0 spiro atoms. The molecule has 2 rings (SSSR count). The molecule has 0 bridgehead atoms. The quantitative estimate of drug-likeness (QED) is 0.502. The summed E-state index contributed by atoms with van der Waals surface area (Å²) < 4.78 is 36.2. The number of esters is 1. The predicted molar refractivity (Wildman–Crippen MR) is 99.5 cm³/mol. The molecule has 0 aromatic heterocycles. The van der Waals surface area contributed by atoms with E-state index in [0.29, 0.717) is 5.75 Å². The SMILES string of the molecule is COc1ccc(C(=O)COC(=O)CCNS(=O)(=O)c2ccccc2)cc1Cl. The molecule has 9 heteroatoms. The maximum atomic E-state index is 12.0. The van der Waals surface area contributed by atoms with Gasteiger partial charge < -0.3 is 9.47 Å². The fourth-order valence-electron chi connectivity index (χ4n) is 2.11. The second kappa shape index (κ2) is 9.50. The number of Topliss-reactive ketones (excluding diaryl/α,β-unsaturated/α-hetero) is 1. The van der Waals surface area contributed by atoms with Gasteiger partial charge in [0, 0.05) is 12.1 Å². The van der Waals surface area contributed by atoms with Crippen LogP contribution in [0.3, 0.4) is 0 Å². The van der Waals surface area contributed by atoms with Crippen LogP contribution in [0.1, 0.15) is 16.8 Å². The van der Waals surface area contributed by atoms with Gasteiger partial charge >= 0.3 is 5.97 Å². The van der Waals surface area contributed by atoms with Gasteiger partial charge in [-0.3, -0.25) is 9.59 Å². The molecular weight excluding hydrogens is 394 g/mol. The van der Waals surface area contributed by atoms with Crippen LogP contribution in [0.5, 0.6) is 5.75 Å². The zero-order valence-corrected chi connectivity index (χ0v) is 16.0. The number of rotatable bonds is 9. The normalized spacial score (nSPS) is 11.0. The Kier molecular flexibility index (Phi) is 7.35. The molecule has 7 nitrogen and oxygen atoms in total. The van der Waals surface area contributed by atoms with Crippen molar-refractivity contribution in [1.82, 2.24) is 4.72 Å².